The molecule has 1 aliphatic carbocycles. The van der Waals surface area contributed by atoms with Crippen molar-refractivity contribution in [1.29, 1.82) is 0 Å². The van der Waals surface area contributed by atoms with Crippen LogP contribution in [0.25, 0.3) is 11.1 Å². The van der Waals surface area contributed by atoms with Crippen molar-refractivity contribution in [3.8, 4) is 0 Å². The van der Waals surface area contributed by atoms with Crippen LogP contribution in [0.15, 0.2) is 21.3 Å². The first-order valence-electron chi connectivity index (χ1n) is 4.25. The molecule has 3 nitrogen and oxygen atoms in total. The van der Waals surface area contributed by atoms with Gasteiger partial charge in [-0.15, -0.1) is 0 Å². The third-order valence-electron chi connectivity index (χ3n) is 2.20. The van der Waals surface area contributed by atoms with E-state index in [1.807, 2.05) is 6.07 Å². The minimum absolute atomic E-state index is 0.595. The average Bonchev–Trinajstić information content (AvgIpc) is 2.87. The zero-order chi connectivity index (χ0) is 8.84. The lowest BCUT2D eigenvalue weighted by Gasteiger charge is -1.93. The molecule has 0 aromatic carbocycles. The van der Waals surface area contributed by atoms with Crippen LogP contribution in [0.5, 0.6) is 0 Å². The fourth-order valence-corrected chi connectivity index (χ4v) is 1.75. The van der Waals surface area contributed by atoms with Gasteiger partial charge in [0.05, 0.1) is 6.20 Å². The second kappa shape index (κ2) is 2.54. The predicted octanol–water partition coefficient (Wildman–Crippen LogP) is 2.86. The number of hydrogen-bond donors (Lipinski definition) is 0. The molecule has 4 heteroatoms. The fraction of sp³-hybridized carbons (Fsp3) is 0.333. The maximum atomic E-state index is 5.31. The van der Waals surface area contributed by atoms with Crippen molar-refractivity contribution in [1.82, 2.24) is 9.97 Å². The third kappa shape index (κ3) is 1.25. The molecule has 0 aliphatic heterocycles. The van der Waals surface area contributed by atoms with Crippen molar-refractivity contribution >= 4 is 27.0 Å². The van der Waals surface area contributed by atoms with Gasteiger partial charge in [-0.25, -0.2) is 9.97 Å². The van der Waals surface area contributed by atoms with Crippen LogP contribution in [0, 0.1) is 0 Å². The summed E-state index contributed by atoms with van der Waals surface area (Å²) < 4.78 is 6.03. The summed E-state index contributed by atoms with van der Waals surface area (Å²) >= 11 is 3.27. The average molecular weight is 239 g/mol. The molecule has 0 spiro atoms. The number of rotatable bonds is 1. The highest BCUT2D eigenvalue weighted by Crippen LogP contribution is 2.38. The second-order valence-corrected chi connectivity index (χ2v) is 4.08. The lowest BCUT2D eigenvalue weighted by Crippen LogP contribution is -1.89. The Kier molecular flexibility index (Phi) is 1.47. The maximum absolute atomic E-state index is 5.31. The minimum Gasteiger partial charge on any atom is -0.446 e. The normalized spacial score (nSPS) is 16.7. The van der Waals surface area contributed by atoms with Crippen molar-refractivity contribution in [2.24, 2.45) is 0 Å². The number of nitrogens with zero attached hydrogens (tertiary/aromatic N) is 2. The second-order valence-electron chi connectivity index (χ2n) is 3.30. The highest BCUT2D eigenvalue weighted by atomic mass is 79.9. The molecule has 0 bridgehead atoms. The Balaban J connectivity index is 2.20. The van der Waals surface area contributed by atoms with E-state index in [1.165, 1.54) is 12.8 Å². The molecule has 1 fully saturated rings. The zero-order valence-electron chi connectivity index (χ0n) is 6.83. The van der Waals surface area contributed by atoms with Gasteiger partial charge < -0.3 is 4.42 Å². The van der Waals surface area contributed by atoms with E-state index < -0.39 is 0 Å². The molecular formula is C9H7BrN2O. The Bertz CT molecular complexity index is 462. The Morgan fingerprint density at radius 3 is 3.08 bits per heavy atom. The van der Waals surface area contributed by atoms with Crippen molar-refractivity contribution in [2.45, 2.75) is 18.8 Å². The number of aromatic nitrogens is 2. The molecule has 0 radical (unpaired) electrons. The monoisotopic (exact) mass is 238 g/mol. The standard InChI is InChI=1S/C9H7BrN2O/c10-8-3-6-7(13-8)4-11-9(12-6)5-1-2-5/h3-5H,1-2H2. The molecule has 2 aromatic heterocycles. The van der Waals surface area contributed by atoms with Gasteiger partial charge in [0.2, 0.25) is 0 Å². The maximum Gasteiger partial charge on any atom is 0.172 e. The molecule has 0 saturated heterocycles. The Labute approximate surface area is 83.3 Å². The smallest absolute Gasteiger partial charge is 0.172 e. The van der Waals surface area contributed by atoms with Crippen LogP contribution in [-0.4, -0.2) is 9.97 Å². The van der Waals surface area contributed by atoms with E-state index in [2.05, 4.69) is 25.9 Å². The zero-order valence-corrected chi connectivity index (χ0v) is 8.41. The van der Waals surface area contributed by atoms with Crippen molar-refractivity contribution in [3.05, 3.63) is 22.8 Å². The summed E-state index contributed by atoms with van der Waals surface area (Å²) in [7, 11) is 0. The number of fused-ring (bicyclic) bond motifs is 1. The topological polar surface area (TPSA) is 38.9 Å². The SMILES string of the molecule is Brc1cc2nc(C3CC3)ncc2o1. The quantitative estimate of drug-likeness (QED) is 0.767. The van der Waals surface area contributed by atoms with E-state index in [-0.39, 0.29) is 0 Å². The van der Waals surface area contributed by atoms with E-state index in [0.717, 1.165) is 16.9 Å². The molecule has 0 unspecified atom stereocenters. The Morgan fingerprint density at radius 1 is 1.46 bits per heavy atom. The molecule has 66 valence electrons. The molecule has 0 atom stereocenters. The van der Waals surface area contributed by atoms with Gasteiger partial charge in [-0.05, 0) is 28.8 Å². The van der Waals surface area contributed by atoms with Gasteiger partial charge in [0.25, 0.3) is 0 Å². The first-order valence-corrected chi connectivity index (χ1v) is 5.04. The first kappa shape index (κ1) is 7.50. The summed E-state index contributed by atoms with van der Waals surface area (Å²) in [6.45, 7) is 0. The summed E-state index contributed by atoms with van der Waals surface area (Å²) in [5.74, 6) is 1.55. The molecule has 3 rings (SSSR count). The summed E-state index contributed by atoms with van der Waals surface area (Å²) in [6.07, 6.45) is 4.20. The fourth-order valence-electron chi connectivity index (χ4n) is 1.36. The largest absolute Gasteiger partial charge is 0.446 e. The predicted molar refractivity (Wildman–Crippen MR) is 51.5 cm³/mol. The van der Waals surface area contributed by atoms with E-state index in [9.17, 15) is 0 Å². The van der Waals surface area contributed by atoms with Crippen LogP contribution in [0.1, 0.15) is 24.6 Å². The molecule has 1 aliphatic rings. The Hall–Kier alpha value is -0.900. The van der Waals surface area contributed by atoms with Gasteiger partial charge in [0, 0.05) is 12.0 Å². The van der Waals surface area contributed by atoms with Gasteiger partial charge in [-0.2, -0.15) is 0 Å². The van der Waals surface area contributed by atoms with Gasteiger partial charge in [-0.1, -0.05) is 0 Å². The summed E-state index contributed by atoms with van der Waals surface area (Å²) in [6, 6.07) is 1.88. The van der Waals surface area contributed by atoms with Crippen LogP contribution < -0.4 is 0 Å². The van der Waals surface area contributed by atoms with E-state index in [4.69, 9.17) is 4.42 Å². The molecule has 0 N–H and O–H groups in total. The van der Waals surface area contributed by atoms with Crippen molar-refractivity contribution in [2.75, 3.05) is 0 Å². The number of furan rings is 1. The molecule has 1 saturated carbocycles. The Morgan fingerprint density at radius 2 is 2.31 bits per heavy atom. The van der Waals surface area contributed by atoms with Crippen LogP contribution in [0.4, 0.5) is 0 Å². The van der Waals surface area contributed by atoms with Crippen LogP contribution in [0.2, 0.25) is 0 Å². The van der Waals surface area contributed by atoms with Crippen LogP contribution in [0.3, 0.4) is 0 Å². The highest BCUT2D eigenvalue weighted by Gasteiger charge is 2.26. The number of hydrogen-bond acceptors (Lipinski definition) is 3. The third-order valence-corrected chi connectivity index (χ3v) is 2.59. The van der Waals surface area contributed by atoms with Gasteiger partial charge in [0.1, 0.15) is 11.3 Å². The van der Waals surface area contributed by atoms with E-state index in [1.54, 1.807) is 6.20 Å². The van der Waals surface area contributed by atoms with E-state index >= 15 is 0 Å². The van der Waals surface area contributed by atoms with Gasteiger partial charge in [-0.3, -0.25) is 0 Å². The van der Waals surface area contributed by atoms with Gasteiger partial charge in [0.15, 0.2) is 10.3 Å². The lowest BCUT2D eigenvalue weighted by atomic mass is 10.3. The molecule has 2 aromatic rings. The molecule has 0 amide bonds. The minimum atomic E-state index is 0.595. The highest BCUT2D eigenvalue weighted by molar-refractivity contribution is 9.10. The molecule has 13 heavy (non-hydrogen) atoms. The van der Waals surface area contributed by atoms with Crippen LogP contribution in [-0.2, 0) is 0 Å². The summed E-state index contributed by atoms with van der Waals surface area (Å²) in [4.78, 5) is 8.68. The summed E-state index contributed by atoms with van der Waals surface area (Å²) in [5.41, 5.74) is 1.64. The first-order chi connectivity index (χ1) is 6.33. The van der Waals surface area contributed by atoms with Crippen LogP contribution >= 0.6 is 15.9 Å². The van der Waals surface area contributed by atoms with Crippen molar-refractivity contribution in [3.63, 3.8) is 0 Å². The lowest BCUT2D eigenvalue weighted by molar-refractivity contribution is 0.585. The molecule has 2 heterocycles. The van der Waals surface area contributed by atoms with Gasteiger partial charge >= 0.3 is 0 Å². The summed E-state index contributed by atoms with van der Waals surface area (Å²) in [5, 5.41) is 0. The number of halogens is 1. The van der Waals surface area contributed by atoms with E-state index in [0.29, 0.717) is 10.6 Å². The molecular weight excluding hydrogens is 232 g/mol. The van der Waals surface area contributed by atoms with Crippen molar-refractivity contribution < 1.29 is 4.42 Å².